The lowest BCUT2D eigenvalue weighted by Gasteiger charge is -2.21. The molecular formula is C17H18N2O2. The van der Waals surface area contributed by atoms with Crippen molar-refractivity contribution in [3.8, 4) is 11.5 Å². The van der Waals surface area contributed by atoms with E-state index < -0.39 is 0 Å². The summed E-state index contributed by atoms with van der Waals surface area (Å²) in [5, 5.41) is 3.59. The highest BCUT2D eigenvalue weighted by molar-refractivity contribution is 5.57. The minimum atomic E-state index is 0.336. The summed E-state index contributed by atoms with van der Waals surface area (Å²) in [5.74, 6) is 1.65. The van der Waals surface area contributed by atoms with Gasteiger partial charge in [-0.25, -0.2) is 0 Å². The molecule has 1 unspecified atom stereocenters. The smallest absolute Gasteiger partial charge is 0.163 e. The molecular weight excluding hydrogens is 264 g/mol. The molecule has 4 heteroatoms. The first-order valence-electron chi connectivity index (χ1n) is 7.34. The Morgan fingerprint density at radius 1 is 1.00 bits per heavy atom. The Morgan fingerprint density at radius 2 is 1.86 bits per heavy atom. The van der Waals surface area contributed by atoms with Crippen molar-refractivity contribution in [2.24, 2.45) is 0 Å². The highest BCUT2D eigenvalue weighted by Gasteiger charge is 2.23. The van der Waals surface area contributed by atoms with Gasteiger partial charge in [-0.15, -0.1) is 0 Å². The highest BCUT2D eigenvalue weighted by atomic mass is 16.6. The summed E-state index contributed by atoms with van der Waals surface area (Å²) in [4.78, 5) is 0. The second kappa shape index (κ2) is 4.88. The molecule has 0 saturated carbocycles. The summed E-state index contributed by atoms with van der Waals surface area (Å²) in [6.07, 6.45) is 2.16. The van der Waals surface area contributed by atoms with E-state index in [1.54, 1.807) is 0 Å². The molecule has 2 aromatic rings. The van der Waals surface area contributed by atoms with Crippen LogP contribution >= 0.6 is 0 Å². The van der Waals surface area contributed by atoms with Crippen molar-refractivity contribution >= 4 is 11.4 Å². The van der Waals surface area contributed by atoms with Crippen LogP contribution < -0.4 is 20.5 Å². The summed E-state index contributed by atoms with van der Waals surface area (Å²) in [6.45, 7) is 1.24. The van der Waals surface area contributed by atoms with E-state index in [4.69, 9.17) is 15.2 Å². The number of anilines is 2. The van der Waals surface area contributed by atoms with Crippen molar-refractivity contribution in [2.45, 2.75) is 18.9 Å². The molecule has 2 aliphatic rings. The van der Waals surface area contributed by atoms with Gasteiger partial charge >= 0.3 is 0 Å². The molecule has 0 aromatic heterocycles. The summed E-state index contributed by atoms with van der Waals surface area (Å²) >= 11 is 0. The number of ether oxygens (including phenoxy) is 2. The zero-order valence-electron chi connectivity index (χ0n) is 11.8. The number of nitrogens with one attached hydrogen (secondary N) is 1. The van der Waals surface area contributed by atoms with Crippen LogP contribution in [0.25, 0.3) is 0 Å². The van der Waals surface area contributed by atoms with Gasteiger partial charge < -0.3 is 20.5 Å². The number of aryl methyl sites for hydroxylation is 1. The Morgan fingerprint density at radius 3 is 2.76 bits per heavy atom. The largest absolute Gasteiger partial charge is 0.486 e. The van der Waals surface area contributed by atoms with Gasteiger partial charge in [0.1, 0.15) is 13.2 Å². The van der Waals surface area contributed by atoms with Gasteiger partial charge in [-0.1, -0.05) is 6.07 Å². The van der Waals surface area contributed by atoms with Gasteiger partial charge in [-0.2, -0.15) is 0 Å². The molecule has 0 fully saturated rings. The molecule has 3 N–H and O–H groups in total. The van der Waals surface area contributed by atoms with Crippen molar-refractivity contribution in [3.05, 3.63) is 47.5 Å². The van der Waals surface area contributed by atoms with E-state index in [-0.39, 0.29) is 0 Å². The first-order chi connectivity index (χ1) is 10.3. The average molecular weight is 282 g/mol. The Balaban J connectivity index is 1.58. The molecule has 1 heterocycles. The third-order valence-electron chi connectivity index (χ3n) is 4.13. The van der Waals surface area contributed by atoms with Crippen LogP contribution in [-0.2, 0) is 6.42 Å². The molecule has 1 aliphatic heterocycles. The predicted octanol–water partition coefficient (Wildman–Crippen LogP) is 3.14. The average Bonchev–Trinajstić information content (AvgIpc) is 2.89. The zero-order valence-corrected chi connectivity index (χ0v) is 11.8. The lowest BCUT2D eigenvalue weighted by atomic mass is 10.1. The molecule has 4 rings (SSSR count). The van der Waals surface area contributed by atoms with Crippen LogP contribution in [0.2, 0.25) is 0 Å². The molecule has 1 aliphatic carbocycles. The second-order valence-corrected chi connectivity index (χ2v) is 5.55. The molecule has 0 amide bonds. The number of benzene rings is 2. The fourth-order valence-electron chi connectivity index (χ4n) is 3.12. The lowest BCUT2D eigenvalue weighted by Crippen LogP contribution is -2.15. The van der Waals surface area contributed by atoms with E-state index in [2.05, 4.69) is 17.4 Å². The van der Waals surface area contributed by atoms with Crippen LogP contribution in [0.15, 0.2) is 36.4 Å². The Kier molecular flexibility index (Phi) is 2.88. The first-order valence-corrected chi connectivity index (χ1v) is 7.34. The normalized spacial score (nSPS) is 19.1. The van der Waals surface area contributed by atoms with Crippen LogP contribution in [-0.4, -0.2) is 13.2 Å². The van der Waals surface area contributed by atoms with Crippen LogP contribution in [0.1, 0.15) is 23.6 Å². The maximum Gasteiger partial charge on any atom is 0.163 e. The van der Waals surface area contributed by atoms with E-state index in [9.17, 15) is 0 Å². The van der Waals surface area contributed by atoms with Gasteiger partial charge in [0.05, 0.1) is 6.04 Å². The highest BCUT2D eigenvalue weighted by Crippen LogP contribution is 2.37. The van der Waals surface area contributed by atoms with Crippen LogP contribution in [0, 0.1) is 0 Å². The van der Waals surface area contributed by atoms with Crippen molar-refractivity contribution in [2.75, 3.05) is 24.3 Å². The number of nitrogens with two attached hydrogens (primary N) is 1. The quantitative estimate of drug-likeness (QED) is 0.831. The molecule has 2 aromatic carbocycles. The molecule has 0 saturated heterocycles. The minimum Gasteiger partial charge on any atom is -0.486 e. The van der Waals surface area contributed by atoms with Crippen molar-refractivity contribution in [3.63, 3.8) is 0 Å². The number of rotatable bonds is 2. The maximum absolute atomic E-state index is 5.85. The first kappa shape index (κ1) is 12.4. The number of nitrogen functional groups attached to an aromatic ring is 1. The summed E-state index contributed by atoms with van der Waals surface area (Å²) < 4.78 is 11.2. The molecule has 108 valence electrons. The number of fused-ring (bicyclic) bond motifs is 2. The van der Waals surface area contributed by atoms with Gasteiger partial charge in [0.15, 0.2) is 11.5 Å². The maximum atomic E-state index is 5.85. The van der Waals surface area contributed by atoms with Gasteiger partial charge in [0.25, 0.3) is 0 Å². The monoisotopic (exact) mass is 282 g/mol. The standard InChI is InChI=1S/C17H18N2O2/c18-12-2-4-14-11(9-12)1-5-15(14)19-13-3-6-16-17(10-13)21-8-7-20-16/h2-4,6,9-10,15,19H,1,5,7-8,18H2. The fraction of sp³-hybridized carbons (Fsp3) is 0.294. The topological polar surface area (TPSA) is 56.5 Å². The third kappa shape index (κ3) is 2.27. The van der Waals surface area contributed by atoms with E-state index in [0.717, 1.165) is 35.7 Å². The predicted molar refractivity (Wildman–Crippen MR) is 83.0 cm³/mol. The number of hydrogen-bond donors (Lipinski definition) is 2. The van der Waals surface area contributed by atoms with Crippen molar-refractivity contribution < 1.29 is 9.47 Å². The van der Waals surface area contributed by atoms with Crippen LogP contribution in [0.5, 0.6) is 11.5 Å². The Hall–Kier alpha value is -2.36. The minimum absolute atomic E-state index is 0.336. The fourth-order valence-corrected chi connectivity index (χ4v) is 3.12. The summed E-state index contributed by atoms with van der Waals surface area (Å²) in [6, 6.07) is 12.6. The van der Waals surface area contributed by atoms with Crippen LogP contribution in [0.4, 0.5) is 11.4 Å². The molecule has 0 spiro atoms. The van der Waals surface area contributed by atoms with Gasteiger partial charge in [0.2, 0.25) is 0 Å². The van der Waals surface area contributed by atoms with E-state index >= 15 is 0 Å². The number of hydrogen-bond acceptors (Lipinski definition) is 4. The molecule has 21 heavy (non-hydrogen) atoms. The summed E-state index contributed by atoms with van der Waals surface area (Å²) in [5.41, 5.74) is 10.5. The molecule has 0 bridgehead atoms. The lowest BCUT2D eigenvalue weighted by molar-refractivity contribution is 0.171. The SMILES string of the molecule is Nc1ccc2c(c1)CCC2Nc1ccc2c(c1)OCCO2. The van der Waals surface area contributed by atoms with Gasteiger partial charge in [-0.3, -0.25) is 0 Å². The Bertz CT molecular complexity index is 684. The van der Waals surface area contributed by atoms with Gasteiger partial charge in [0, 0.05) is 17.4 Å². The van der Waals surface area contributed by atoms with E-state index in [0.29, 0.717) is 19.3 Å². The molecule has 0 radical (unpaired) electrons. The third-order valence-corrected chi connectivity index (χ3v) is 4.13. The van der Waals surface area contributed by atoms with E-state index in [1.807, 2.05) is 24.3 Å². The second-order valence-electron chi connectivity index (χ2n) is 5.55. The molecule has 1 atom stereocenters. The van der Waals surface area contributed by atoms with Crippen molar-refractivity contribution in [1.29, 1.82) is 0 Å². The zero-order chi connectivity index (χ0) is 14.2. The molecule has 4 nitrogen and oxygen atoms in total. The Labute approximate surface area is 123 Å². The van der Waals surface area contributed by atoms with Crippen LogP contribution in [0.3, 0.4) is 0 Å². The summed E-state index contributed by atoms with van der Waals surface area (Å²) in [7, 11) is 0. The van der Waals surface area contributed by atoms with Crippen molar-refractivity contribution in [1.82, 2.24) is 0 Å². The van der Waals surface area contributed by atoms with E-state index in [1.165, 1.54) is 11.1 Å². The van der Waals surface area contributed by atoms with Gasteiger partial charge in [-0.05, 0) is 48.2 Å².